The van der Waals surface area contributed by atoms with Crippen LogP contribution in [0.1, 0.15) is 39.6 Å². The first-order chi connectivity index (χ1) is 9.82. The topological polar surface area (TPSA) is 74.2 Å². The number of nitrogens with zero attached hydrogens (tertiary/aromatic N) is 2. The number of halogens is 1. The van der Waals surface area contributed by atoms with Crippen molar-refractivity contribution in [1.29, 1.82) is 0 Å². The highest BCUT2D eigenvalue weighted by Gasteiger charge is 2.31. The standard InChI is InChI=1S/C15H20BrN3O2/c1-5-20-12(15(2,3)4)13-18-14(21-19-13)10-7-6-9(16)8-11(10)17/h6-8,12H,5,17H2,1-4H3. The summed E-state index contributed by atoms with van der Waals surface area (Å²) in [6, 6.07) is 5.55. The number of nitrogens with two attached hydrogens (primary N) is 1. The van der Waals surface area contributed by atoms with Crippen molar-refractivity contribution in [3.8, 4) is 11.5 Å². The molecule has 0 radical (unpaired) electrons. The van der Waals surface area contributed by atoms with Crippen LogP contribution in [-0.4, -0.2) is 16.7 Å². The lowest BCUT2D eigenvalue weighted by Crippen LogP contribution is -2.22. The summed E-state index contributed by atoms with van der Waals surface area (Å²) in [5, 5.41) is 4.06. The highest BCUT2D eigenvalue weighted by molar-refractivity contribution is 9.10. The lowest BCUT2D eigenvalue weighted by molar-refractivity contribution is -0.0203. The molecule has 2 N–H and O–H groups in total. The van der Waals surface area contributed by atoms with Gasteiger partial charge < -0.3 is 15.0 Å². The van der Waals surface area contributed by atoms with Crippen LogP contribution in [-0.2, 0) is 4.74 Å². The quantitative estimate of drug-likeness (QED) is 0.833. The summed E-state index contributed by atoms with van der Waals surface area (Å²) in [6.07, 6.45) is -0.225. The van der Waals surface area contributed by atoms with Crippen molar-refractivity contribution in [2.45, 2.75) is 33.8 Å². The van der Waals surface area contributed by atoms with Crippen LogP contribution < -0.4 is 5.73 Å². The van der Waals surface area contributed by atoms with Crippen LogP contribution in [0.2, 0.25) is 0 Å². The van der Waals surface area contributed by atoms with Gasteiger partial charge in [0.05, 0.1) is 5.56 Å². The van der Waals surface area contributed by atoms with Crippen LogP contribution in [0.25, 0.3) is 11.5 Å². The number of ether oxygens (including phenoxy) is 1. The van der Waals surface area contributed by atoms with E-state index < -0.39 is 0 Å². The van der Waals surface area contributed by atoms with Gasteiger partial charge in [0.1, 0.15) is 6.10 Å². The van der Waals surface area contributed by atoms with Crippen LogP contribution in [0.3, 0.4) is 0 Å². The minimum absolute atomic E-state index is 0.123. The number of benzene rings is 1. The fourth-order valence-electron chi connectivity index (χ4n) is 2.06. The highest BCUT2D eigenvalue weighted by Crippen LogP contribution is 2.36. The van der Waals surface area contributed by atoms with Crippen molar-refractivity contribution in [2.24, 2.45) is 5.41 Å². The SMILES string of the molecule is CCOC(c1noc(-c2ccc(Br)cc2N)n1)C(C)(C)C. The molecule has 2 rings (SSSR count). The second kappa shape index (κ2) is 6.15. The molecular formula is C15H20BrN3O2. The van der Waals surface area contributed by atoms with Crippen molar-refractivity contribution in [3.05, 3.63) is 28.5 Å². The van der Waals surface area contributed by atoms with Gasteiger partial charge in [-0.15, -0.1) is 0 Å². The number of hydrogen-bond acceptors (Lipinski definition) is 5. The Kier molecular flexibility index (Phi) is 4.68. The smallest absolute Gasteiger partial charge is 0.260 e. The molecule has 0 spiro atoms. The molecule has 114 valence electrons. The lowest BCUT2D eigenvalue weighted by Gasteiger charge is -2.27. The number of anilines is 1. The predicted molar refractivity (Wildman–Crippen MR) is 85.7 cm³/mol. The number of hydrogen-bond donors (Lipinski definition) is 1. The minimum atomic E-state index is -0.225. The first-order valence-corrected chi connectivity index (χ1v) is 7.63. The van der Waals surface area contributed by atoms with Gasteiger partial charge in [-0.3, -0.25) is 0 Å². The van der Waals surface area contributed by atoms with E-state index in [9.17, 15) is 0 Å². The van der Waals surface area contributed by atoms with Crippen LogP contribution in [0.15, 0.2) is 27.2 Å². The Hall–Kier alpha value is -1.40. The number of aromatic nitrogens is 2. The van der Waals surface area contributed by atoms with E-state index in [0.717, 1.165) is 10.0 Å². The number of nitrogen functional groups attached to an aromatic ring is 1. The third-order valence-electron chi connectivity index (χ3n) is 3.04. The van der Waals surface area contributed by atoms with Crippen molar-refractivity contribution in [3.63, 3.8) is 0 Å². The van der Waals surface area contributed by atoms with Gasteiger partial charge in [0.15, 0.2) is 0 Å². The van der Waals surface area contributed by atoms with E-state index in [1.165, 1.54) is 0 Å². The lowest BCUT2D eigenvalue weighted by atomic mass is 9.88. The van der Waals surface area contributed by atoms with Gasteiger partial charge in [-0.1, -0.05) is 41.9 Å². The summed E-state index contributed by atoms with van der Waals surface area (Å²) in [4.78, 5) is 4.46. The molecule has 21 heavy (non-hydrogen) atoms. The summed E-state index contributed by atoms with van der Waals surface area (Å²) in [5.74, 6) is 0.950. The van der Waals surface area contributed by atoms with Gasteiger partial charge in [0, 0.05) is 16.8 Å². The van der Waals surface area contributed by atoms with Crippen molar-refractivity contribution < 1.29 is 9.26 Å². The molecule has 1 aromatic carbocycles. The molecule has 0 aliphatic carbocycles. The first kappa shape index (κ1) is 16.0. The van der Waals surface area contributed by atoms with E-state index in [4.69, 9.17) is 15.0 Å². The maximum atomic E-state index is 5.99. The van der Waals surface area contributed by atoms with E-state index in [-0.39, 0.29) is 11.5 Å². The van der Waals surface area contributed by atoms with Gasteiger partial charge in [0.2, 0.25) is 5.82 Å². The van der Waals surface area contributed by atoms with Crippen LogP contribution in [0, 0.1) is 5.41 Å². The van der Waals surface area contributed by atoms with E-state index in [0.29, 0.717) is 24.0 Å². The van der Waals surface area contributed by atoms with Crippen molar-refractivity contribution >= 4 is 21.6 Å². The van der Waals surface area contributed by atoms with E-state index >= 15 is 0 Å². The summed E-state index contributed by atoms with van der Waals surface area (Å²) < 4.78 is 12.0. The van der Waals surface area contributed by atoms with Gasteiger partial charge in [-0.05, 0) is 30.5 Å². The first-order valence-electron chi connectivity index (χ1n) is 6.83. The van der Waals surface area contributed by atoms with Gasteiger partial charge in [-0.25, -0.2) is 0 Å². The average Bonchev–Trinajstić information content (AvgIpc) is 2.83. The molecule has 1 heterocycles. The van der Waals surface area contributed by atoms with Gasteiger partial charge >= 0.3 is 0 Å². The molecule has 5 nitrogen and oxygen atoms in total. The molecule has 0 bridgehead atoms. The van der Waals surface area contributed by atoms with Gasteiger partial charge in [0.25, 0.3) is 5.89 Å². The Bertz CT molecular complexity index is 620. The second-order valence-electron chi connectivity index (χ2n) is 5.89. The zero-order chi connectivity index (χ0) is 15.6. The molecule has 0 amide bonds. The van der Waals surface area contributed by atoms with Crippen molar-refractivity contribution in [1.82, 2.24) is 10.1 Å². The van der Waals surface area contributed by atoms with Crippen molar-refractivity contribution in [2.75, 3.05) is 12.3 Å². The van der Waals surface area contributed by atoms with Crippen LogP contribution in [0.5, 0.6) is 0 Å². The Labute approximate surface area is 133 Å². The molecule has 6 heteroatoms. The molecule has 2 aromatic rings. The maximum Gasteiger partial charge on any atom is 0.260 e. The van der Waals surface area contributed by atoms with Crippen LogP contribution >= 0.6 is 15.9 Å². The molecular weight excluding hydrogens is 334 g/mol. The van der Waals surface area contributed by atoms with E-state index in [2.05, 4.69) is 46.8 Å². The monoisotopic (exact) mass is 353 g/mol. The van der Waals surface area contributed by atoms with E-state index in [1.807, 2.05) is 25.1 Å². The zero-order valence-corrected chi connectivity index (χ0v) is 14.3. The third kappa shape index (κ3) is 3.63. The van der Waals surface area contributed by atoms with Crippen LogP contribution in [0.4, 0.5) is 5.69 Å². The molecule has 1 aromatic heterocycles. The molecule has 1 atom stereocenters. The minimum Gasteiger partial charge on any atom is -0.398 e. The maximum absolute atomic E-state index is 5.99. The zero-order valence-electron chi connectivity index (χ0n) is 12.7. The Balaban J connectivity index is 2.36. The third-order valence-corrected chi connectivity index (χ3v) is 3.53. The highest BCUT2D eigenvalue weighted by atomic mass is 79.9. The summed E-state index contributed by atoms with van der Waals surface area (Å²) in [6.45, 7) is 8.78. The second-order valence-corrected chi connectivity index (χ2v) is 6.81. The normalized spacial score (nSPS) is 13.4. The molecule has 0 aliphatic heterocycles. The number of rotatable bonds is 4. The molecule has 0 fully saturated rings. The molecule has 0 saturated heterocycles. The summed E-state index contributed by atoms with van der Waals surface area (Å²) >= 11 is 3.38. The average molecular weight is 354 g/mol. The fourth-order valence-corrected chi connectivity index (χ4v) is 2.44. The summed E-state index contributed by atoms with van der Waals surface area (Å²) in [5.41, 5.74) is 7.18. The van der Waals surface area contributed by atoms with E-state index in [1.54, 1.807) is 0 Å². The van der Waals surface area contributed by atoms with Gasteiger partial charge in [-0.2, -0.15) is 4.98 Å². The summed E-state index contributed by atoms with van der Waals surface area (Å²) in [7, 11) is 0. The molecule has 0 saturated carbocycles. The largest absolute Gasteiger partial charge is 0.398 e. The predicted octanol–water partition coefficient (Wildman–Crippen LogP) is 4.21. The Morgan fingerprint density at radius 3 is 2.67 bits per heavy atom. The molecule has 0 aliphatic rings. The Morgan fingerprint density at radius 1 is 1.38 bits per heavy atom. The molecule has 1 unspecified atom stereocenters. The fraction of sp³-hybridized carbons (Fsp3) is 0.467. The Morgan fingerprint density at radius 2 is 2.10 bits per heavy atom.